The number of carbonyl (C=O) groups is 1. The van der Waals surface area contributed by atoms with Crippen LogP contribution >= 0.6 is 11.6 Å². The van der Waals surface area contributed by atoms with Gasteiger partial charge in [0, 0.05) is 24.3 Å². The molecule has 0 unspecified atom stereocenters. The molecule has 1 amide bonds. The summed E-state index contributed by atoms with van der Waals surface area (Å²) in [5, 5.41) is 0.608. The van der Waals surface area contributed by atoms with Crippen molar-refractivity contribution in [1.29, 1.82) is 0 Å². The highest BCUT2D eigenvalue weighted by molar-refractivity contribution is 6.30. The zero-order valence-corrected chi connectivity index (χ0v) is 12.2. The summed E-state index contributed by atoms with van der Waals surface area (Å²) in [6.45, 7) is 0.430. The predicted octanol–water partition coefficient (Wildman–Crippen LogP) is 2.80. The van der Waals surface area contributed by atoms with Crippen LogP contribution in [0.4, 0.5) is 15.8 Å². The van der Waals surface area contributed by atoms with Crippen molar-refractivity contribution in [2.24, 2.45) is 5.73 Å². The number of hydrogen-bond donors (Lipinski definition) is 2. The molecular weight excluding hydrogens is 293 g/mol. The fraction of sp³-hybridized carbons (Fsp3) is 0.133. The first-order valence-electron chi connectivity index (χ1n) is 6.23. The Hall–Kier alpha value is -2.27. The maximum absolute atomic E-state index is 14.0. The second-order valence-electron chi connectivity index (χ2n) is 4.74. The number of nitrogen functional groups attached to an aromatic ring is 1. The van der Waals surface area contributed by atoms with E-state index >= 15 is 0 Å². The highest BCUT2D eigenvalue weighted by atomic mass is 35.5. The van der Waals surface area contributed by atoms with Gasteiger partial charge in [0.25, 0.3) is 5.91 Å². The molecular formula is C15H15ClFN3O. The first-order chi connectivity index (χ1) is 9.88. The molecule has 0 fully saturated rings. The second-order valence-corrected chi connectivity index (χ2v) is 5.18. The summed E-state index contributed by atoms with van der Waals surface area (Å²) in [6.07, 6.45) is 0. The van der Waals surface area contributed by atoms with Crippen LogP contribution in [0.1, 0.15) is 15.9 Å². The largest absolute Gasteiger partial charge is 0.398 e. The molecule has 110 valence electrons. The van der Waals surface area contributed by atoms with Crippen LogP contribution in [0.25, 0.3) is 0 Å². The molecule has 0 heterocycles. The Labute approximate surface area is 127 Å². The molecule has 0 bridgehead atoms. The van der Waals surface area contributed by atoms with E-state index in [0.717, 1.165) is 11.6 Å². The number of hydrogen-bond acceptors (Lipinski definition) is 3. The highest BCUT2D eigenvalue weighted by Crippen LogP contribution is 2.26. The van der Waals surface area contributed by atoms with Gasteiger partial charge >= 0.3 is 0 Å². The molecule has 21 heavy (non-hydrogen) atoms. The van der Waals surface area contributed by atoms with E-state index in [-0.39, 0.29) is 16.9 Å². The van der Waals surface area contributed by atoms with Gasteiger partial charge in [-0.25, -0.2) is 4.39 Å². The Morgan fingerprint density at radius 2 is 2.05 bits per heavy atom. The van der Waals surface area contributed by atoms with Crippen molar-refractivity contribution in [2.75, 3.05) is 17.7 Å². The number of rotatable bonds is 4. The predicted molar refractivity (Wildman–Crippen MR) is 82.9 cm³/mol. The molecule has 0 aliphatic heterocycles. The van der Waals surface area contributed by atoms with Crippen LogP contribution < -0.4 is 16.4 Å². The fourth-order valence-corrected chi connectivity index (χ4v) is 2.29. The molecule has 2 aromatic carbocycles. The van der Waals surface area contributed by atoms with Gasteiger partial charge in [-0.15, -0.1) is 0 Å². The third-order valence-corrected chi connectivity index (χ3v) is 3.34. The summed E-state index contributed by atoms with van der Waals surface area (Å²) in [6, 6.07) is 9.72. The third kappa shape index (κ3) is 3.44. The van der Waals surface area contributed by atoms with Gasteiger partial charge in [0.15, 0.2) is 0 Å². The molecule has 4 N–H and O–H groups in total. The van der Waals surface area contributed by atoms with E-state index in [1.165, 1.54) is 6.07 Å². The Morgan fingerprint density at radius 1 is 1.33 bits per heavy atom. The van der Waals surface area contributed by atoms with Crippen molar-refractivity contribution in [1.82, 2.24) is 0 Å². The fourth-order valence-electron chi connectivity index (χ4n) is 2.08. The smallest absolute Gasteiger partial charge is 0.250 e. The van der Waals surface area contributed by atoms with Crippen molar-refractivity contribution in [3.63, 3.8) is 0 Å². The lowest BCUT2D eigenvalue weighted by atomic mass is 10.1. The summed E-state index contributed by atoms with van der Waals surface area (Å²) in [7, 11) is 1.71. The van der Waals surface area contributed by atoms with Crippen LogP contribution in [-0.2, 0) is 6.54 Å². The first kappa shape index (κ1) is 15.1. The van der Waals surface area contributed by atoms with Gasteiger partial charge in [-0.2, -0.15) is 0 Å². The molecule has 0 aliphatic carbocycles. The quantitative estimate of drug-likeness (QED) is 0.853. The van der Waals surface area contributed by atoms with E-state index < -0.39 is 11.7 Å². The molecule has 6 heteroatoms. The van der Waals surface area contributed by atoms with Crippen molar-refractivity contribution in [2.45, 2.75) is 6.54 Å². The van der Waals surface area contributed by atoms with Crippen molar-refractivity contribution < 1.29 is 9.18 Å². The van der Waals surface area contributed by atoms with Gasteiger partial charge in [-0.3, -0.25) is 4.79 Å². The lowest BCUT2D eigenvalue weighted by molar-refractivity contribution is 0.100. The molecule has 0 saturated carbocycles. The van der Waals surface area contributed by atoms with Crippen LogP contribution in [0.3, 0.4) is 0 Å². The maximum atomic E-state index is 14.0. The number of primary amides is 1. The van der Waals surface area contributed by atoms with E-state index in [4.69, 9.17) is 23.1 Å². The second kappa shape index (κ2) is 6.01. The average Bonchev–Trinajstić information content (AvgIpc) is 2.37. The van der Waals surface area contributed by atoms with Gasteiger partial charge in [-0.1, -0.05) is 23.7 Å². The highest BCUT2D eigenvalue weighted by Gasteiger charge is 2.15. The Morgan fingerprint density at radius 3 is 2.67 bits per heavy atom. The lowest BCUT2D eigenvalue weighted by Crippen LogP contribution is -2.20. The van der Waals surface area contributed by atoms with Gasteiger partial charge < -0.3 is 16.4 Å². The number of anilines is 2. The zero-order valence-electron chi connectivity index (χ0n) is 11.4. The summed E-state index contributed by atoms with van der Waals surface area (Å²) >= 11 is 5.92. The van der Waals surface area contributed by atoms with E-state index in [1.807, 2.05) is 12.1 Å². The van der Waals surface area contributed by atoms with Crippen LogP contribution in [-0.4, -0.2) is 13.0 Å². The molecule has 0 aromatic heterocycles. The Kier molecular flexibility index (Phi) is 4.33. The van der Waals surface area contributed by atoms with E-state index in [9.17, 15) is 9.18 Å². The topological polar surface area (TPSA) is 72.3 Å². The minimum Gasteiger partial charge on any atom is -0.398 e. The summed E-state index contributed by atoms with van der Waals surface area (Å²) < 4.78 is 14.0. The van der Waals surface area contributed by atoms with Crippen molar-refractivity contribution in [3.05, 3.63) is 58.4 Å². The number of halogens is 2. The first-order valence-corrected chi connectivity index (χ1v) is 6.60. The van der Waals surface area contributed by atoms with Gasteiger partial charge in [0.1, 0.15) is 5.82 Å². The van der Waals surface area contributed by atoms with E-state index in [2.05, 4.69) is 0 Å². The number of nitrogens with zero attached hydrogens (tertiary/aromatic N) is 1. The van der Waals surface area contributed by atoms with Crippen LogP contribution in [0, 0.1) is 5.82 Å². The number of amides is 1. The average molecular weight is 308 g/mol. The summed E-state index contributed by atoms with van der Waals surface area (Å²) in [5.41, 5.74) is 12.1. The van der Waals surface area contributed by atoms with Crippen molar-refractivity contribution in [3.8, 4) is 0 Å². The SMILES string of the molecule is CN(Cc1cccc(Cl)c1)c1cc(C(N)=O)c(N)cc1F. The van der Waals surface area contributed by atoms with Gasteiger partial charge in [-0.05, 0) is 29.8 Å². The number of nitrogens with two attached hydrogens (primary N) is 2. The number of carbonyl (C=O) groups excluding carboxylic acids is 1. The molecule has 4 nitrogen and oxygen atoms in total. The molecule has 0 aliphatic rings. The Bertz CT molecular complexity index is 691. The van der Waals surface area contributed by atoms with Gasteiger partial charge in [0.05, 0.1) is 11.3 Å². The van der Waals surface area contributed by atoms with E-state index in [0.29, 0.717) is 11.6 Å². The summed E-state index contributed by atoms with van der Waals surface area (Å²) in [5.74, 6) is -1.20. The zero-order chi connectivity index (χ0) is 15.6. The number of benzene rings is 2. The minimum atomic E-state index is -0.690. The third-order valence-electron chi connectivity index (χ3n) is 3.10. The molecule has 2 rings (SSSR count). The molecule has 2 aromatic rings. The van der Waals surface area contributed by atoms with Crippen molar-refractivity contribution >= 4 is 28.9 Å². The monoisotopic (exact) mass is 307 g/mol. The van der Waals surface area contributed by atoms with Crippen LogP contribution in [0.15, 0.2) is 36.4 Å². The van der Waals surface area contributed by atoms with Crippen LogP contribution in [0.5, 0.6) is 0 Å². The lowest BCUT2D eigenvalue weighted by Gasteiger charge is -2.21. The van der Waals surface area contributed by atoms with Gasteiger partial charge in [0.2, 0.25) is 0 Å². The molecule has 0 saturated heterocycles. The molecule has 0 radical (unpaired) electrons. The normalized spacial score (nSPS) is 10.4. The standard InChI is InChI=1S/C15H15ClFN3O/c1-20(8-9-3-2-4-10(16)5-9)14-6-11(15(19)21)13(18)7-12(14)17/h2-7H,8,18H2,1H3,(H2,19,21). The van der Waals surface area contributed by atoms with E-state index in [1.54, 1.807) is 24.1 Å². The summed E-state index contributed by atoms with van der Waals surface area (Å²) in [4.78, 5) is 13.0. The molecule has 0 atom stereocenters. The van der Waals surface area contributed by atoms with Crippen LogP contribution in [0.2, 0.25) is 5.02 Å². The maximum Gasteiger partial charge on any atom is 0.250 e. The molecule has 0 spiro atoms. The Balaban J connectivity index is 2.32. The minimum absolute atomic E-state index is 0.0277.